The fourth-order valence-corrected chi connectivity index (χ4v) is 1.90. The highest BCUT2D eigenvalue weighted by Gasteiger charge is 2.17. The molecule has 1 aromatic heterocycles. The normalized spacial score (nSPS) is 20.4. The van der Waals surface area contributed by atoms with E-state index in [1.54, 1.807) is 6.08 Å². The van der Waals surface area contributed by atoms with E-state index in [0.717, 1.165) is 31.8 Å². The van der Waals surface area contributed by atoms with Gasteiger partial charge in [-0.25, -0.2) is 0 Å². The summed E-state index contributed by atoms with van der Waals surface area (Å²) in [6.07, 6.45) is 6.31. The van der Waals surface area contributed by atoms with Crippen molar-refractivity contribution in [3.63, 3.8) is 0 Å². The largest absolute Gasteiger partial charge is 0.378 e. The average Bonchev–Trinajstić information content (AvgIpc) is 2.79. The summed E-state index contributed by atoms with van der Waals surface area (Å²) in [5, 5.41) is 7.08. The molecule has 1 N–H and O–H groups in total. The van der Waals surface area contributed by atoms with Crippen molar-refractivity contribution in [1.29, 1.82) is 0 Å². The molecule has 0 amide bonds. The summed E-state index contributed by atoms with van der Waals surface area (Å²) in [6, 6.07) is 0. The van der Waals surface area contributed by atoms with Crippen LogP contribution >= 0.6 is 0 Å². The van der Waals surface area contributed by atoms with E-state index in [0.29, 0.717) is 12.4 Å². The lowest BCUT2D eigenvalue weighted by Gasteiger charge is -2.20. The molecule has 17 heavy (non-hydrogen) atoms. The van der Waals surface area contributed by atoms with Gasteiger partial charge >= 0.3 is 0 Å². The summed E-state index contributed by atoms with van der Waals surface area (Å²) < 4.78 is 10.8. The van der Waals surface area contributed by atoms with Gasteiger partial charge in [-0.3, -0.25) is 0 Å². The Labute approximate surface area is 101 Å². The molecule has 1 aliphatic rings. The number of ether oxygens (including phenoxy) is 1. The van der Waals surface area contributed by atoms with Crippen LogP contribution in [0.3, 0.4) is 0 Å². The molecule has 94 valence electrons. The SMILES string of the molecule is C=CCNCc1nc(CC2CCCCO2)no1. The lowest BCUT2D eigenvalue weighted by molar-refractivity contribution is 0.0153. The number of nitrogens with zero attached hydrogens (tertiary/aromatic N) is 2. The maximum Gasteiger partial charge on any atom is 0.240 e. The summed E-state index contributed by atoms with van der Waals surface area (Å²) in [5.74, 6) is 1.37. The molecular weight excluding hydrogens is 218 g/mol. The molecule has 1 aliphatic heterocycles. The van der Waals surface area contributed by atoms with Crippen LogP contribution in [-0.2, 0) is 17.7 Å². The molecule has 0 saturated carbocycles. The Kier molecular flexibility index (Phi) is 4.70. The van der Waals surface area contributed by atoms with Gasteiger partial charge in [-0.2, -0.15) is 4.98 Å². The second kappa shape index (κ2) is 6.51. The van der Waals surface area contributed by atoms with Gasteiger partial charge in [0.05, 0.1) is 12.6 Å². The third-order valence-corrected chi connectivity index (χ3v) is 2.76. The molecule has 0 bridgehead atoms. The molecule has 1 saturated heterocycles. The zero-order valence-corrected chi connectivity index (χ0v) is 10.0. The minimum Gasteiger partial charge on any atom is -0.378 e. The minimum atomic E-state index is 0.260. The topological polar surface area (TPSA) is 60.2 Å². The van der Waals surface area contributed by atoms with Gasteiger partial charge in [0.1, 0.15) is 0 Å². The van der Waals surface area contributed by atoms with Gasteiger partial charge in [-0.05, 0) is 19.3 Å². The van der Waals surface area contributed by atoms with Crippen LogP contribution in [0.15, 0.2) is 17.2 Å². The van der Waals surface area contributed by atoms with Crippen molar-refractivity contribution >= 4 is 0 Å². The number of hydrogen-bond donors (Lipinski definition) is 1. The summed E-state index contributed by atoms with van der Waals surface area (Å²) in [5.41, 5.74) is 0. The van der Waals surface area contributed by atoms with Crippen LogP contribution in [0.25, 0.3) is 0 Å². The first-order chi connectivity index (χ1) is 8.38. The number of aromatic nitrogens is 2. The number of hydrogen-bond acceptors (Lipinski definition) is 5. The Hall–Kier alpha value is -1.20. The second-order valence-corrected chi connectivity index (χ2v) is 4.22. The predicted octanol–water partition coefficient (Wildman–Crippen LogP) is 1.46. The van der Waals surface area contributed by atoms with Crippen LogP contribution in [0.2, 0.25) is 0 Å². The molecule has 2 heterocycles. The van der Waals surface area contributed by atoms with Gasteiger partial charge in [-0.15, -0.1) is 6.58 Å². The van der Waals surface area contributed by atoms with Crippen molar-refractivity contribution < 1.29 is 9.26 Å². The van der Waals surface area contributed by atoms with Crippen molar-refractivity contribution in [1.82, 2.24) is 15.5 Å². The standard InChI is InChI=1S/C12H19N3O2/c1-2-6-13-9-12-14-11(15-17-12)8-10-5-3-4-7-16-10/h2,10,13H,1,3-9H2. The van der Waals surface area contributed by atoms with Crippen molar-refractivity contribution in [3.05, 3.63) is 24.4 Å². The van der Waals surface area contributed by atoms with E-state index < -0.39 is 0 Å². The van der Waals surface area contributed by atoms with Crippen LogP contribution in [0.5, 0.6) is 0 Å². The van der Waals surface area contributed by atoms with Gasteiger partial charge in [0.15, 0.2) is 5.82 Å². The lowest BCUT2D eigenvalue weighted by atomic mass is 10.1. The maximum atomic E-state index is 5.64. The first kappa shape index (κ1) is 12.3. The van der Waals surface area contributed by atoms with Crippen LogP contribution in [0.4, 0.5) is 0 Å². The predicted molar refractivity (Wildman–Crippen MR) is 63.5 cm³/mol. The smallest absolute Gasteiger partial charge is 0.240 e. The zero-order chi connectivity index (χ0) is 11.9. The zero-order valence-electron chi connectivity index (χ0n) is 10.0. The van der Waals surface area contributed by atoms with Crippen molar-refractivity contribution in [2.75, 3.05) is 13.2 Å². The Bertz CT molecular complexity index is 345. The van der Waals surface area contributed by atoms with E-state index in [1.807, 2.05) is 0 Å². The highest BCUT2D eigenvalue weighted by Crippen LogP contribution is 2.15. The third kappa shape index (κ3) is 3.94. The minimum absolute atomic E-state index is 0.260. The highest BCUT2D eigenvalue weighted by atomic mass is 16.5. The molecule has 5 nitrogen and oxygen atoms in total. The Morgan fingerprint density at radius 2 is 2.41 bits per heavy atom. The molecule has 2 rings (SSSR count). The average molecular weight is 237 g/mol. The quantitative estimate of drug-likeness (QED) is 0.599. The molecule has 5 heteroatoms. The van der Waals surface area contributed by atoms with Gasteiger partial charge in [0.2, 0.25) is 5.89 Å². The maximum absolute atomic E-state index is 5.64. The molecule has 0 radical (unpaired) electrons. The molecule has 1 atom stereocenters. The Morgan fingerprint density at radius 1 is 1.47 bits per heavy atom. The highest BCUT2D eigenvalue weighted by molar-refractivity contribution is 4.89. The summed E-state index contributed by atoms with van der Waals surface area (Å²) in [4.78, 5) is 4.32. The van der Waals surface area contributed by atoms with Crippen LogP contribution in [0.1, 0.15) is 31.0 Å². The van der Waals surface area contributed by atoms with E-state index in [-0.39, 0.29) is 6.10 Å². The fourth-order valence-electron chi connectivity index (χ4n) is 1.90. The van der Waals surface area contributed by atoms with E-state index >= 15 is 0 Å². The van der Waals surface area contributed by atoms with E-state index in [1.165, 1.54) is 12.8 Å². The summed E-state index contributed by atoms with van der Waals surface area (Å²) in [7, 11) is 0. The van der Waals surface area contributed by atoms with Crippen LogP contribution in [-0.4, -0.2) is 29.4 Å². The van der Waals surface area contributed by atoms with E-state index in [2.05, 4.69) is 22.0 Å². The van der Waals surface area contributed by atoms with Crippen molar-refractivity contribution in [2.24, 2.45) is 0 Å². The van der Waals surface area contributed by atoms with E-state index in [4.69, 9.17) is 9.26 Å². The van der Waals surface area contributed by atoms with Crippen molar-refractivity contribution in [2.45, 2.75) is 38.3 Å². The molecule has 0 aromatic carbocycles. The Balaban J connectivity index is 1.78. The lowest BCUT2D eigenvalue weighted by Crippen LogP contribution is -2.22. The third-order valence-electron chi connectivity index (χ3n) is 2.76. The van der Waals surface area contributed by atoms with Crippen LogP contribution in [0, 0.1) is 0 Å². The first-order valence-corrected chi connectivity index (χ1v) is 6.13. The molecule has 1 fully saturated rings. The molecular formula is C12H19N3O2. The number of rotatable bonds is 6. The van der Waals surface area contributed by atoms with Crippen molar-refractivity contribution in [3.8, 4) is 0 Å². The monoisotopic (exact) mass is 237 g/mol. The molecule has 0 spiro atoms. The second-order valence-electron chi connectivity index (χ2n) is 4.22. The fraction of sp³-hybridized carbons (Fsp3) is 0.667. The first-order valence-electron chi connectivity index (χ1n) is 6.13. The number of nitrogens with one attached hydrogen (secondary N) is 1. The molecule has 0 aliphatic carbocycles. The van der Waals surface area contributed by atoms with Gasteiger partial charge < -0.3 is 14.6 Å². The molecule has 1 unspecified atom stereocenters. The van der Waals surface area contributed by atoms with Crippen LogP contribution < -0.4 is 5.32 Å². The molecule has 1 aromatic rings. The summed E-state index contributed by atoms with van der Waals surface area (Å²) >= 11 is 0. The summed E-state index contributed by atoms with van der Waals surface area (Å²) in [6.45, 7) is 5.81. The van der Waals surface area contributed by atoms with E-state index in [9.17, 15) is 0 Å². The Morgan fingerprint density at radius 3 is 3.18 bits per heavy atom. The van der Waals surface area contributed by atoms with Gasteiger partial charge in [-0.1, -0.05) is 11.2 Å². The van der Waals surface area contributed by atoms with Gasteiger partial charge in [0.25, 0.3) is 0 Å². The van der Waals surface area contributed by atoms with Gasteiger partial charge in [0, 0.05) is 19.6 Å².